The van der Waals surface area contributed by atoms with Gasteiger partial charge in [-0.2, -0.15) is 5.26 Å². The Kier molecular flexibility index (Phi) is 6.26. The highest BCUT2D eigenvalue weighted by Gasteiger charge is 2.16. The molecule has 6 nitrogen and oxygen atoms in total. The maximum Gasteiger partial charge on any atom is 0.263 e. The number of rotatable bonds is 6. The second kappa shape index (κ2) is 9.43. The first-order valence-corrected chi connectivity index (χ1v) is 11.1. The van der Waals surface area contributed by atoms with Crippen LogP contribution in [-0.2, 0) is 11.1 Å². The number of pyridine rings is 1. The average molecular weight is 442 g/mol. The van der Waals surface area contributed by atoms with Crippen molar-refractivity contribution in [1.82, 2.24) is 4.57 Å². The van der Waals surface area contributed by atoms with E-state index in [4.69, 9.17) is 0 Å². The van der Waals surface area contributed by atoms with E-state index in [1.54, 1.807) is 41.1 Å². The molecule has 0 saturated heterocycles. The van der Waals surface area contributed by atoms with Crippen LogP contribution >= 0.6 is 0 Å². The van der Waals surface area contributed by atoms with Crippen LogP contribution in [0.2, 0.25) is 0 Å². The molecule has 0 saturated carbocycles. The Bertz CT molecular complexity index is 1390. The Morgan fingerprint density at radius 2 is 1.56 bits per heavy atom. The van der Waals surface area contributed by atoms with Gasteiger partial charge in [0.05, 0.1) is 11.6 Å². The van der Waals surface area contributed by atoms with Gasteiger partial charge in [-0.25, -0.2) is 4.21 Å². The summed E-state index contributed by atoms with van der Waals surface area (Å²) in [4.78, 5) is 13.5. The smallest absolute Gasteiger partial charge is 0.263 e. The molecule has 1 heterocycles. The van der Waals surface area contributed by atoms with Crippen LogP contribution in [0.3, 0.4) is 0 Å². The highest BCUT2D eigenvalue weighted by atomic mass is 32.2. The molecule has 0 aliphatic rings. The van der Waals surface area contributed by atoms with Crippen molar-refractivity contribution in [3.63, 3.8) is 0 Å². The van der Waals surface area contributed by atoms with Crippen molar-refractivity contribution in [2.45, 2.75) is 0 Å². The monoisotopic (exact) mass is 441 g/mol. The molecule has 0 aliphatic heterocycles. The van der Waals surface area contributed by atoms with E-state index >= 15 is 0 Å². The van der Waals surface area contributed by atoms with Crippen LogP contribution in [0.25, 0.3) is 27.9 Å². The van der Waals surface area contributed by atoms with Crippen molar-refractivity contribution in [2.75, 3.05) is 11.2 Å². The van der Waals surface area contributed by atoms with Gasteiger partial charge in [0.15, 0.2) is 11.1 Å². The molecule has 0 radical (unpaired) electrons. The normalized spacial score (nSPS) is 11.5. The van der Waals surface area contributed by atoms with Crippen molar-refractivity contribution < 1.29 is 8.76 Å². The quantitative estimate of drug-likeness (QED) is 0.425. The average Bonchev–Trinajstić information content (AvgIpc) is 2.83. The van der Waals surface area contributed by atoms with Crippen molar-refractivity contribution in [3.8, 4) is 34.0 Å². The number of hydrogen-bond donors (Lipinski definition) is 2. The summed E-state index contributed by atoms with van der Waals surface area (Å²) in [5, 5.41) is 12.6. The first kappa shape index (κ1) is 21.2. The number of nitrogens with zero attached hydrogens (tertiary/aromatic N) is 2. The summed E-state index contributed by atoms with van der Waals surface area (Å²) >= 11 is -2.01. The molecule has 4 aromatic rings. The summed E-state index contributed by atoms with van der Waals surface area (Å²) in [7, 11) is 0. The predicted octanol–water partition coefficient (Wildman–Crippen LogP) is 4.63. The maximum absolute atomic E-state index is 13.5. The number of nitriles is 1. The first-order chi connectivity index (χ1) is 15.6. The van der Waals surface area contributed by atoms with Gasteiger partial charge in [0.2, 0.25) is 0 Å². The van der Waals surface area contributed by atoms with Crippen LogP contribution < -0.4 is 10.9 Å². The van der Waals surface area contributed by atoms with E-state index < -0.39 is 11.1 Å². The van der Waals surface area contributed by atoms with Gasteiger partial charge in [-0.05, 0) is 30.3 Å². The lowest BCUT2D eigenvalue weighted by Crippen LogP contribution is -2.20. The SMILES string of the molecule is N#Cc1ccccc1-c1cc(-c2ccccc2NCS(=O)O)cn(-c2ccccc2)c1=O. The Morgan fingerprint density at radius 3 is 2.28 bits per heavy atom. The topological polar surface area (TPSA) is 95.1 Å². The van der Waals surface area contributed by atoms with E-state index in [0.717, 1.165) is 11.1 Å². The number of benzene rings is 3. The summed E-state index contributed by atoms with van der Waals surface area (Å²) in [6.45, 7) is 0. The van der Waals surface area contributed by atoms with Gasteiger partial charge in [0.1, 0.15) is 5.88 Å². The molecule has 158 valence electrons. The maximum atomic E-state index is 13.5. The zero-order valence-electron chi connectivity index (χ0n) is 16.9. The number of para-hydroxylation sites is 2. The number of aromatic nitrogens is 1. The summed E-state index contributed by atoms with van der Waals surface area (Å²) in [5.41, 5.74) is 3.94. The van der Waals surface area contributed by atoms with Crippen molar-refractivity contribution >= 4 is 16.8 Å². The lowest BCUT2D eigenvalue weighted by Gasteiger charge is -2.16. The number of anilines is 1. The second-order valence-corrected chi connectivity index (χ2v) is 7.93. The lowest BCUT2D eigenvalue weighted by molar-refractivity contribution is 0.566. The molecule has 0 fully saturated rings. The van der Waals surface area contributed by atoms with E-state index in [0.29, 0.717) is 28.1 Å². The molecule has 32 heavy (non-hydrogen) atoms. The van der Waals surface area contributed by atoms with Gasteiger partial charge in [-0.15, -0.1) is 0 Å². The van der Waals surface area contributed by atoms with Crippen LogP contribution in [0.5, 0.6) is 0 Å². The van der Waals surface area contributed by atoms with Crippen LogP contribution in [0.1, 0.15) is 5.56 Å². The molecule has 7 heteroatoms. The Balaban J connectivity index is 1.99. The zero-order chi connectivity index (χ0) is 22.5. The highest BCUT2D eigenvalue weighted by molar-refractivity contribution is 7.79. The Hall–Kier alpha value is -3.99. The van der Waals surface area contributed by atoms with Crippen LogP contribution in [0, 0.1) is 11.3 Å². The standard InChI is InChI=1S/C25H19N3O3S/c26-15-18-8-4-5-11-21(18)23-14-19(16-28(25(23)29)20-9-2-1-3-10-20)22-12-6-7-13-24(22)27-17-32(30)31/h1-14,16,27H,17H2,(H,30,31). The zero-order valence-corrected chi connectivity index (χ0v) is 17.8. The third kappa shape index (κ3) is 4.37. The fraction of sp³-hybridized carbons (Fsp3) is 0.0400. The van der Waals surface area contributed by atoms with E-state index in [9.17, 15) is 18.8 Å². The van der Waals surface area contributed by atoms with Crippen LogP contribution in [0.15, 0.2) is 95.9 Å². The Morgan fingerprint density at radius 1 is 0.906 bits per heavy atom. The molecular weight excluding hydrogens is 422 g/mol. The molecule has 1 atom stereocenters. The van der Waals surface area contributed by atoms with Crippen LogP contribution in [0.4, 0.5) is 5.69 Å². The molecule has 0 spiro atoms. The third-order valence-corrected chi connectivity index (χ3v) is 5.40. The minimum absolute atomic E-state index is 0.126. The summed E-state index contributed by atoms with van der Waals surface area (Å²) in [5.74, 6) is -0.126. The molecule has 0 aliphatic carbocycles. The predicted molar refractivity (Wildman–Crippen MR) is 127 cm³/mol. The van der Waals surface area contributed by atoms with E-state index in [1.165, 1.54) is 0 Å². The highest BCUT2D eigenvalue weighted by Crippen LogP contribution is 2.31. The largest absolute Gasteiger partial charge is 0.371 e. The van der Waals surface area contributed by atoms with Gasteiger partial charge >= 0.3 is 0 Å². The molecule has 2 N–H and O–H groups in total. The van der Waals surface area contributed by atoms with Gasteiger partial charge in [-0.3, -0.25) is 9.36 Å². The lowest BCUT2D eigenvalue weighted by atomic mass is 9.97. The van der Waals surface area contributed by atoms with E-state index in [1.807, 2.05) is 54.6 Å². The van der Waals surface area contributed by atoms with Crippen molar-refractivity contribution in [2.24, 2.45) is 0 Å². The van der Waals surface area contributed by atoms with Crippen molar-refractivity contribution in [1.29, 1.82) is 5.26 Å². The van der Waals surface area contributed by atoms with Crippen LogP contribution in [-0.4, -0.2) is 19.2 Å². The number of hydrogen-bond acceptors (Lipinski definition) is 4. The molecule has 3 aromatic carbocycles. The minimum Gasteiger partial charge on any atom is -0.371 e. The van der Waals surface area contributed by atoms with Gasteiger partial charge in [0.25, 0.3) is 5.56 Å². The molecule has 0 bridgehead atoms. The fourth-order valence-corrected chi connectivity index (χ4v) is 3.83. The first-order valence-electron chi connectivity index (χ1n) is 9.81. The second-order valence-electron chi connectivity index (χ2n) is 7.00. The van der Waals surface area contributed by atoms with Gasteiger partial charge in [0, 0.05) is 39.8 Å². The summed E-state index contributed by atoms with van der Waals surface area (Å²) < 4.78 is 21.9. The molecule has 1 unspecified atom stereocenters. The van der Waals surface area contributed by atoms with E-state index in [-0.39, 0.29) is 11.4 Å². The minimum atomic E-state index is -2.01. The molecule has 1 aromatic heterocycles. The van der Waals surface area contributed by atoms with Gasteiger partial charge < -0.3 is 9.87 Å². The fourth-order valence-electron chi connectivity index (χ4n) is 3.55. The van der Waals surface area contributed by atoms with E-state index in [2.05, 4.69) is 11.4 Å². The molecular formula is C25H19N3O3S. The summed E-state index contributed by atoms with van der Waals surface area (Å²) in [6.07, 6.45) is 1.74. The van der Waals surface area contributed by atoms with Crippen molar-refractivity contribution in [3.05, 3.63) is 107 Å². The number of nitrogens with one attached hydrogen (secondary N) is 1. The molecule has 4 rings (SSSR count). The third-order valence-electron chi connectivity index (χ3n) is 5.01. The molecule has 0 amide bonds. The van der Waals surface area contributed by atoms with Gasteiger partial charge in [-0.1, -0.05) is 54.6 Å². The Labute approximate surface area is 187 Å². The summed E-state index contributed by atoms with van der Waals surface area (Å²) in [6, 6.07) is 27.5.